The monoisotopic (exact) mass is 285 g/mol. The van der Waals surface area contributed by atoms with E-state index in [1.165, 1.54) is 12.2 Å². The molecule has 1 aliphatic rings. The van der Waals surface area contributed by atoms with Crippen molar-refractivity contribution in [3.05, 3.63) is 35.6 Å². The topological polar surface area (TPSA) is 102 Å². The summed E-state index contributed by atoms with van der Waals surface area (Å²) in [6.07, 6.45) is 6.39. The van der Waals surface area contributed by atoms with Gasteiger partial charge in [0.05, 0.1) is 18.8 Å². The fourth-order valence-electron chi connectivity index (χ4n) is 1.30. The summed E-state index contributed by atoms with van der Waals surface area (Å²) >= 11 is 0. The van der Waals surface area contributed by atoms with Crippen molar-refractivity contribution in [1.29, 1.82) is 0 Å². The van der Waals surface area contributed by atoms with Crippen LogP contribution in [0.3, 0.4) is 0 Å². The predicted molar refractivity (Wildman–Crippen MR) is 75.9 cm³/mol. The lowest BCUT2D eigenvalue weighted by molar-refractivity contribution is -0.132. The SMILES string of the molecule is CC.NC(COC1=CCC=CC(C(=O)O)=C1)OCCO. The Morgan fingerprint density at radius 2 is 2.20 bits per heavy atom. The number of carboxylic acid groups (broad SMARTS) is 1. The Morgan fingerprint density at radius 3 is 2.80 bits per heavy atom. The number of hydrogen-bond donors (Lipinski definition) is 3. The summed E-state index contributed by atoms with van der Waals surface area (Å²) in [5.74, 6) is -0.566. The van der Waals surface area contributed by atoms with Gasteiger partial charge in [0, 0.05) is 0 Å². The van der Waals surface area contributed by atoms with Crippen LogP contribution in [-0.2, 0) is 14.3 Å². The second-order valence-corrected chi connectivity index (χ2v) is 3.59. The number of carbonyl (C=O) groups is 1. The molecule has 0 radical (unpaired) electrons. The Bertz CT molecular complexity index is 374. The van der Waals surface area contributed by atoms with Crippen molar-refractivity contribution < 1.29 is 24.5 Å². The quantitative estimate of drug-likeness (QED) is 0.607. The first-order valence-corrected chi connectivity index (χ1v) is 6.56. The normalized spacial score (nSPS) is 15.2. The highest BCUT2D eigenvalue weighted by atomic mass is 16.5. The van der Waals surface area contributed by atoms with Crippen molar-refractivity contribution >= 4 is 5.97 Å². The molecular weight excluding hydrogens is 262 g/mol. The van der Waals surface area contributed by atoms with Crippen molar-refractivity contribution in [2.75, 3.05) is 19.8 Å². The third kappa shape index (κ3) is 7.73. The van der Waals surface area contributed by atoms with E-state index in [0.717, 1.165) is 0 Å². The van der Waals surface area contributed by atoms with Crippen LogP contribution >= 0.6 is 0 Å². The number of hydrogen-bond acceptors (Lipinski definition) is 5. The van der Waals surface area contributed by atoms with E-state index >= 15 is 0 Å². The van der Waals surface area contributed by atoms with E-state index in [2.05, 4.69) is 0 Å². The van der Waals surface area contributed by atoms with E-state index in [1.54, 1.807) is 12.2 Å². The molecule has 6 nitrogen and oxygen atoms in total. The minimum atomic E-state index is -1.01. The molecular formula is C14H23NO5. The molecule has 0 aromatic carbocycles. The van der Waals surface area contributed by atoms with Crippen LogP contribution in [0.4, 0.5) is 0 Å². The molecule has 4 N–H and O–H groups in total. The van der Waals surface area contributed by atoms with Crippen LogP contribution in [0, 0.1) is 0 Å². The smallest absolute Gasteiger partial charge is 0.335 e. The minimum Gasteiger partial charge on any atom is -0.490 e. The zero-order chi connectivity index (χ0) is 15.4. The van der Waals surface area contributed by atoms with Crippen molar-refractivity contribution in [2.45, 2.75) is 26.5 Å². The first kappa shape index (κ1) is 18.4. The molecule has 6 heteroatoms. The van der Waals surface area contributed by atoms with E-state index in [1.807, 2.05) is 13.8 Å². The van der Waals surface area contributed by atoms with Crippen LogP contribution in [0.5, 0.6) is 0 Å². The fourth-order valence-corrected chi connectivity index (χ4v) is 1.30. The summed E-state index contributed by atoms with van der Waals surface area (Å²) < 4.78 is 10.4. The summed E-state index contributed by atoms with van der Waals surface area (Å²) in [6, 6.07) is 0. The van der Waals surface area contributed by atoms with E-state index in [9.17, 15) is 4.79 Å². The molecule has 0 aromatic rings. The molecule has 0 heterocycles. The van der Waals surface area contributed by atoms with Gasteiger partial charge in [0.15, 0.2) is 0 Å². The van der Waals surface area contributed by atoms with Crippen molar-refractivity contribution in [3.8, 4) is 0 Å². The van der Waals surface area contributed by atoms with E-state index < -0.39 is 12.2 Å². The second kappa shape index (κ2) is 11.2. The molecule has 1 unspecified atom stereocenters. The highest BCUT2D eigenvalue weighted by Gasteiger charge is 2.09. The van der Waals surface area contributed by atoms with Crippen molar-refractivity contribution in [3.63, 3.8) is 0 Å². The average molecular weight is 285 g/mol. The number of aliphatic hydroxyl groups is 1. The summed E-state index contributed by atoms with van der Waals surface area (Å²) in [5.41, 5.74) is 5.73. The van der Waals surface area contributed by atoms with Crippen LogP contribution in [0.25, 0.3) is 0 Å². The Labute approximate surface area is 119 Å². The molecule has 0 saturated carbocycles. The van der Waals surface area contributed by atoms with E-state index in [0.29, 0.717) is 12.2 Å². The molecule has 0 spiro atoms. The molecule has 0 aliphatic heterocycles. The Balaban J connectivity index is 0.00000172. The molecule has 0 amide bonds. The Kier molecular flexibility index (Phi) is 10.3. The van der Waals surface area contributed by atoms with Gasteiger partial charge in [0.2, 0.25) is 0 Å². The number of rotatable bonds is 7. The maximum absolute atomic E-state index is 10.9. The lowest BCUT2D eigenvalue weighted by Crippen LogP contribution is -2.30. The number of carboxylic acids is 1. The molecule has 1 atom stereocenters. The first-order chi connectivity index (χ1) is 9.63. The summed E-state index contributed by atoms with van der Waals surface area (Å²) in [6.45, 7) is 4.12. The average Bonchev–Trinajstić information content (AvgIpc) is 2.70. The zero-order valence-corrected chi connectivity index (χ0v) is 11.9. The molecule has 0 bridgehead atoms. The number of allylic oxidation sites excluding steroid dienone is 3. The predicted octanol–water partition coefficient (Wildman–Crippen LogP) is 1.18. The molecule has 1 rings (SSSR count). The maximum Gasteiger partial charge on any atom is 0.335 e. The highest BCUT2D eigenvalue weighted by molar-refractivity contribution is 5.90. The minimum absolute atomic E-state index is 0.0925. The highest BCUT2D eigenvalue weighted by Crippen LogP contribution is 2.12. The largest absolute Gasteiger partial charge is 0.490 e. The lowest BCUT2D eigenvalue weighted by atomic mass is 10.2. The number of aliphatic carboxylic acids is 1. The van der Waals surface area contributed by atoms with Crippen LogP contribution in [0.2, 0.25) is 0 Å². The number of nitrogens with two attached hydrogens (primary N) is 1. The van der Waals surface area contributed by atoms with Gasteiger partial charge in [-0.15, -0.1) is 0 Å². The van der Waals surface area contributed by atoms with Crippen LogP contribution in [0.15, 0.2) is 35.6 Å². The maximum atomic E-state index is 10.9. The van der Waals surface area contributed by atoms with Gasteiger partial charge in [-0.1, -0.05) is 26.0 Å². The molecule has 114 valence electrons. The van der Waals surface area contributed by atoms with Gasteiger partial charge in [-0.3, -0.25) is 0 Å². The first-order valence-electron chi connectivity index (χ1n) is 6.56. The molecule has 0 fully saturated rings. The Hall–Kier alpha value is -1.63. The fraction of sp³-hybridized carbons (Fsp3) is 0.500. The summed E-state index contributed by atoms with van der Waals surface area (Å²) in [7, 11) is 0. The van der Waals surface area contributed by atoms with Crippen LogP contribution in [0.1, 0.15) is 20.3 Å². The van der Waals surface area contributed by atoms with Gasteiger partial charge < -0.3 is 25.4 Å². The molecule has 0 aromatic heterocycles. The number of aliphatic hydroxyl groups excluding tert-OH is 1. The zero-order valence-electron chi connectivity index (χ0n) is 11.9. The van der Waals surface area contributed by atoms with Crippen molar-refractivity contribution in [1.82, 2.24) is 0 Å². The second-order valence-electron chi connectivity index (χ2n) is 3.59. The van der Waals surface area contributed by atoms with Gasteiger partial charge in [-0.05, 0) is 18.6 Å². The molecule has 20 heavy (non-hydrogen) atoms. The van der Waals surface area contributed by atoms with Crippen LogP contribution < -0.4 is 5.73 Å². The number of ether oxygens (including phenoxy) is 2. The van der Waals surface area contributed by atoms with Gasteiger partial charge >= 0.3 is 5.97 Å². The van der Waals surface area contributed by atoms with Gasteiger partial charge in [0.1, 0.15) is 18.6 Å². The van der Waals surface area contributed by atoms with E-state index in [-0.39, 0.29) is 25.4 Å². The van der Waals surface area contributed by atoms with Gasteiger partial charge in [-0.2, -0.15) is 0 Å². The standard InChI is InChI=1S/C12H17NO5.C2H6/c13-11(17-6-5-14)8-18-10-4-2-1-3-9(7-10)12(15)16;1-2/h1,3-4,7,11,14H,2,5-6,8,13H2,(H,15,16);1-2H3. The summed E-state index contributed by atoms with van der Waals surface area (Å²) in [5, 5.41) is 17.4. The summed E-state index contributed by atoms with van der Waals surface area (Å²) in [4.78, 5) is 10.9. The third-order valence-electron chi connectivity index (χ3n) is 2.13. The van der Waals surface area contributed by atoms with Gasteiger partial charge in [0.25, 0.3) is 0 Å². The third-order valence-corrected chi connectivity index (χ3v) is 2.13. The van der Waals surface area contributed by atoms with Crippen LogP contribution in [-0.4, -0.2) is 42.2 Å². The van der Waals surface area contributed by atoms with E-state index in [4.69, 9.17) is 25.4 Å². The van der Waals surface area contributed by atoms with Gasteiger partial charge in [-0.25, -0.2) is 4.79 Å². The molecule has 0 saturated heterocycles. The lowest BCUT2D eigenvalue weighted by Gasteiger charge is -2.14. The van der Waals surface area contributed by atoms with Crippen molar-refractivity contribution in [2.24, 2.45) is 5.73 Å². The Morgan fingerprint density at radius 1 is 1.50 bits per heavy atom. The molecule has 1 aliphatic carbocycles.